The summed E-state index contributed by atoms with van der Waals surface area (Å²) in [5.41, 5.74) is -0.0851. The first-order valence-electron chi connectivity index (χ1n) is 4.57. The van der Waals surface area contributed by atoms with Crippen LogP contribution in [0.15, 0.2) is 48.6 Å². The molecule has 0 fully saturated rings. The first-order valence-corrected chi connectivity index (χ1v) is 4.57. The van der Waals surface area contributed by atoms with Gasteiger partial charge in [-0.2, -0.15) is 0 Å². The summed E-state index contributed by atoms with van der Waals surface area (Å²) >= 11 is 0. The predicted molar refractivity (Wildman–Crippen MR) is 59.4 cm³/mol. The molecule has 1 nitrogen and oxygen atoms in total. The van der Waals surface area contributed by atoms with Crippen molar-refractivity contribution in [2.75, 3.05) is 0 Å². The summed E-state index contributed by atoms with van der Waals surface area (Å²) in [5, 5.41) is 0. The van der Waals surface area contributed by atoms with Crippen molar-refractivity contribution in [2.45, 2.75) is 0 Å². The fourth-order valence-corrected chi connectivity index (χ4v) is 1.04. The molecule has 1 rings (SSSR count). The smallest absolute Gasteiger partial charge is 0.225 e. The second-order valence-electron chi connectivity index (χ2n) is 2.86. The number of rotatable bonds is 4. The highest BCUT2D eigenvalue weighted by atomic mass is 19.1. The molecule has 1 aromatic rings. The van der Waals surface area contributed by atoms with Gasteiger partial charge >= 0.3 is 0 Å². The van der Waals surface area contributed by atoms with Crippen molar-refractivity contribution in [3.63, 3.8) is 0 Å². The summed E-state index contributed by atoms with van der Waals surface area (Å²) < 4.78 is 26.2. The molecule has 1 radical (unpaired) electrons. The van der Waals surface area contributed by atoms with Gasteiger partial charge in [-0.25, -0.2) is 8.78 Å². The third-order valence-corrected chi connectivity index (χ3v) is 1.76. The molecule has 81 valence electrons. The quantitative estimate of drug-likeness (QED) is 0.561. The molecule has 0 aromatic heterocycles. The van der Waals surface area contributed by atoms with Gasteiger partial charge in [-0.3, -0.25) is 4.79 Å². The molecular formula is C13H9F2O. The molecule has 0 saturated carbocycles. The highest BCUT2D eigenvalue weighted by molar-refractivity contribution is 5.66. The molecule has 0 aliphatic carbocycles. The minimum Gasteiger partial charge on any atom is -0.286 e. The first kappa shape index (κ1) is 12.0. The first-order chi connectivity index (χ1) is 7.75. The van der Waals surface area contributed by atoms with Crippen molar-refractivity contribution >= 4 is 12.4 Å². The lowest BCUT2D eigenvalue weighted by Crippen LogP contribution is -1.86. The second-order valence-corrected chi connectivity index (χ2v) is 2.86. The molecule has 0 N–H and O–H groups in total. The van der Waals surface area contributed by atoms with Gasteiger partial charge in [-0.15, -0.1) is 0 Å². The maximum atomic E-state index is 13.1. The zero-order chi connectivity index (χ0) is 11.8. The number of carbonyl (C=O) groups excluding carboxylic acids is 1. The third kappa shape index (κ3) is 3.61. The van der Waals surface area contributed by atoms with E-state index in [0.29, 0.717) is 0 Å². The van der Waals surface area contributed by atoms with Crippen LogP contribution in [-0.2, 0) is 4.79 Å². The van der Waals surface area contributed by atoms with Crippen LogP contribution >= 0.6 is 0 Å². The molecule has 0 heterocycles. The van der Waals surface area contributed by atoms with E-state index in [9.17, 15) is 13.6 Å². The van der Waals surface area contributed by atoms with Crippen molar-refractivity contribution in [3.8, 4) is 0 Å². The normalized spacial score (nSPS) is 11.9. The van der Waals surface area contributed by atoms with Crippen molar-refractivity contribution in [3.05, 3.63) is 65.8 Å². The molecule has 0 saturated heterocycles. The molecule has 0 bridgehead atoms. The zero-order valence-electron chi connectivity index (χ0n) is 8.36. The number of halogens is 2. The molecule has 1 aromatic carbocycles. The maximum absolute atomic E-state index is 13.1. The van der Waals surface area contributed by atoms with E-state index < -0.39 is 11.6 Å². The number of hydrogen-bond acceptors (Lipinski definition) is 1. The summed E-state index contributed by atoms with van der Waals surface area (Å²) in [6.07, 6.45) is 10.1. The molecule has 0 spiro atoms. The second kappa shape index (κ2) is 6.45. The van der Waals surface area contributed by atoms with E-state index in [2.05, 4.69) is 0 Å². The Labute approximate surface area is 92.4 Å². The van der Waals surface area contributed by atoms with Crippen LogP contribution in [0, 0.1) is 11.6 Å². The molecular weight excluding hydrogens is 210 g/mol. The molecule has 3 heteroatoms. The lowest BCUT2D eigenvalue weighted by atomic mass is 10.2. The Hall–Kier alpha value is -2.03. The van der Waals surface area contributed by atoms with Crippen LogP contribution in [0.3, 0.4) is 0 Å². The molecule has 16 heavy (non-hydrogen) atoms. The van der Waals surface area contributed by atoms with Gasteiger partial charge < -0.3 is 0 Å². The average molecular weight is 219 g/mol. The lowest BCUT2D eigenvalue weighted by Gasteiger charge is -1.96. The fourth-order valence-electron chi connectivity index (χ4n) is 1.04. The Balaban J connectivity index is 2.73. The van der Waals surface area contributed by atoms with E-state index in [4.69, 9.17) is 0 Å². The predicted octanol–water partition coefficient (Wildman–Crippen LogP) is 3.20. The zero-order valence-corrected chi connectivity index (χ0v) is 8.36. The van der Waals surface area contributed by atoms with E-state index in [1.54, 1.807) is 18.4 Å². The Kier molecular flexibility index (Phi) is 4.86. The van der Waals surface area contributed by atoms with E-state index in [1.165, 1.54) is 42.5 Å². The maximum Gasteiger partial charge on any atom is 0.225 e. The van der Waals surface area contributed by atoms with Crippen molar-refractivity contribution in [2.24, 2.45) is 0 Å². The van der Waals surface area contributed by atoms with Crippen molar-refractivity contribution in [1.82, 2.24) is 0 Å². The minimum atomic E-state index is -0.610. The van der Waals surface area contributed by atoms with Crippen LogP contribution in [0.2, 0.25) is 0 Å². The molecule has 0 aliphatic heterocycles. The van der Waals surface area contributed by atoms with Gasteiger partial charge in [0.1, 0.15) is 11.6 Å². The summed E-state index contributed by atoms with van der Waals surface area (Å²) in [6.45, 7) is 0. The highest BCUT2D eigenvalue weighted by Gasteiger charge is 2.02. The largest absolute Gasteiger partial charge is 0.286 e. The van der Waals surface area contributed by atoms with Gasteiger partial charge in [0.05, 0.1) is 0 Å². The number of allylic oxidation sites excluding steroid dienone is 5. The van der Waals surface area contributed by atoms with Gasteiger partial charge in [0.2, 0.25) is 6.29 Å². The van der Waals surface area contributed by atoms with Crippen LogP contribution < -0.4 is 0 Å². The van der Waals surface area contributed by atoms with Crippen LogP contribution in [-0.4, -0.2) is 6.29 Å². The van der Waals surface area contributed by atoms with E-state index in [1.807, 2.05) is 0 Å². The van der Waals surface area contributed by atoms with E-state index >= 15 is 0 Å². The number of hydrogen-bond donors (Lipinski definition) is 0. The van der Waals surface area contributed by atoms with Gasteiger partial charge in [0.15, 0.2) is 0 Å². The van der Waals surface area contributed by atoms with Crippen LogP contribution in [0.5, 0.6) is 0 Å². The van der Waals surface area contributed by atoms with E-state index in [-0.39, 0.29) is 5.56 Å². The Morgan fingerprint density at radius 2 is 1.62 bits per heavy atom. The lowest BCUT2D eigenvalue weighted by molar-refractivity contribution is 0.564. The van der Waals surface area contributed by atoms with Gasteiger partial charge in [-0.1, -0.05) is 30.4 Å². The van der Waals surface area contributed by atoms with Crippen molar-refractivity contribution in [1.29, 1.82) is 0 Å². The average Bonchev–Trinajstić information content (AvgIpc) is 2.26. The third-order valence-electron chi connectivity index (χ3n) is 1.76. The molecule has 0 atom stereocenters. The number of benzene rings is 1. The summed E-state index contributed by atoms with van der Waals surface area (Å²) in [4.78, 5) is 9.79. The topological polar surface area (TPSA) is 17.1 Å². The van der Waals surface area contributed by atoms with Gasteiger partial charge in [0, 0.05) is 5.56 Å². The van der Waals surface area contributed by atoms with Crippen LogP contribution in [0.25, 0.3) is 6.08 Å². The monoisotopic (exact) mass is 219 g/mol. The molecule has 0 unspecified atom stereocenters. The standard InChI is InChI=1S/C13H9F2O/c14-12-8-6-9-13(15)11(12)7-4-2-1-3-5-10-16/h1-9H/b2-1+,5-3+,7-4+. The van der Waals surface area contributed by atoms with Crippen LogP contribution in [0.1, 0.15) is 5.56 Å². The van der Waals surface area contributed by atoms with E-state index in [0.717, 1.165) is 0 Å². The summed E-state index contributed by atoms with van der Waals surface area (Å²) in [7, 11) is 0. The fraction of sp³-hybridized carbons (Fsp3) is 0. The van der Waals surface area contributed by atoms with Gasteiger partial charge in [0.25, 0.3) is 0 Å². The Morgan fingerprint density at radius 3 is 2.25 bits per heavy atom. The van der Waals surface area contributed by atoms with Crippen LogP contribution in [0.4, 0.5) is 8.78 Å². The Morgan fingerprint density at radius 1 is 1.00 bits per heavy atom. The highest BCUT2D eigenvalue weighted by Crippen LogP contribution is 2.13. The summed E-state index contributed by atoms with van der Waals surface area (Å²) in [6, 6.07) is 3.68. The SMILES string of the molecule is O=[C]/C=C/C=C/C=C/c1c(F)cccc1F. The Bertz CT molecular complexity index is 425. The van der Waals surface area contributed by atoms with Crippen molar-refractivity contribution < 1.29 is 13.6 Å². The summed E-state index contributed by atoms with van der Waals surface area (Å²) in [5.74, 6) is -1.22. The molecule has 0 amide bonds. The molecule has 0 aliphatic rings. The van der Waals surface area contributed by atoms with Gasteiger partial charge in [-0.05, 0) is 24.3 Å². The minimum absolute atomic E-state index is 0.0851.